The molecular formula is C17H19NO4S3. The van der Waals surface area contributed by atoms with E-state index in [0.717, 1.165) is 10.5 Å². The number of carboxylic acids is 1. The Bertz CT molecular complexity index is 810. The van der Waals surface area contributed by atoms with Crippen LogP contribution in [0, 0.1) is 0 Å². The largest absolute Gasteiger partial charge is 0.480 e. The fraction of sp³-hybridized carbons (Fsp3) is 0.235. The number of nitrogens with two attached hydrogens (primary N) is 1. The molecule has 0 aliphatic heterocycles. The fourth-order valence-electron chi connectivity index (χ4n) is 2.07. The minimum atomic E-state index is -3.26. The molecule has 134 valence electrons. The minimum absolute atomic E-state index is 0.00737. The van der Waals surface area contributed by atoms with Gasteiger partial charge in [-0.05, 0) is 23.3 Å². The van der Waals surface area contributed by atoms with E-state index in [9.17, 15) is 13.2 Å². The van der Waals surface area contributed by atoms with Gasteiger partial charge in [-0.3, -0.25) is 4.79 Å². The smallest absolute Gasteiger partial charge is 0.321 e. The lowest BCUT2D eigenvalue weighted by Crippen LogP contribution is -2.32. The van der Waals surface area contributed by atoms with Gasteiger partial charge in [-0.2, -0.15) is 0 Å². The maximum absolute atomic E-state index is 12.4. The molecule has 1 atom stereocenters. The molecule has 0 aliphatic carbocycles. The van der Waals surface area contributed by atoms with Crippen molar-refractivity contribution in [3.63, 3.8) is 0 Å². The van der Waals surface area contributed by atoms with Crippen molar-refractivity contribution >= 4 is 37.4 Å². The summed E-state index contributed by atoms with van der Waals surface area (Å²) < 4.78 is 24.7. The van der Waals surface area contributed by atoms with E-state index in [1.54, 1.807) is 24.3 Å². The second kappa shape index (κ2) is 9.28. The SMILES string of the molecule is N[C@@H](CSSc1cccc(CS(=O)(=O)Cc2ccccc2)c1)C(=O)O. The van der Waals surface area contributed by atoms with Crippen molar-refractivity contribution < 1.29 is 18.3 Å². The monoisotopic (exact) mass is 397 g/mol. The average molecular weight is 398 g/mol. The maximum atomic E-state index is 12.4. The highest BCUT2D eigenvalue weighted by molar-refractivity contribution is 8.76. The predicted molar refractivity (Wildman–Crippen MR) is 103 cm³/mol. The molecule has 8 heteroatoms. The fourth-order valence-corrected chi connectivity index (χ4v) is 5.75. The van der Waals surface area contributed by atoms with Crippen LogP contribution in [0.3, 0.4) is 0 Å². The standard InChI is InChI=1S/C17H19NO4S3/c18-16(17(19)20)10-23-24-15-8-4-7-14(9-15)12-25(21,22)11-13-5-2-1-3-6-13/h1-9,16H,10-12,18H2,(H,19,20)/t16-/m0/s1. The summed E-state index contributed by atoms with van der Waals surface area (Å²) in [6, 6.07) is 15.4. The third kappa shape index (κ3) is 7.11. The van der Waals surface area contributed by atoms with E-state index in [-0.39, 0.29) is 17.3 Å². The first kappa shape index (κ1) is 19.8. The van der Waals surface area contributed by atoms with E-state index in [1.165, 1.54) is 21.6 Å². The number of rotatable bonds is 9. The third-order valence-corrected chi connectivity index (χ3v) is 7.18. The summed E-state index contributed by atoms with van der Waals surface area (Å²) >= 11 is 0. The van der Waals surface area contributed by atoms with Crippen molar-refractivity contribution in [2.24, 2.45) is 5.73 Å². The highest BCUT2D eigenvalue weighted by atomic mass is 33.1. The molecule has 25 heavy (non-hydrogen) atoms. The molecule has 0 aliphatic rings. The molecule has 5 nitrogen and oxygen atoms in total. The number of carboxylic acid groups (broad SMARTS) is 1. The van der Waals surface area contributed by atoms with E-state index in [2.05, 4.69) is 0 Å². The number of sulfone groups is 1. The van der Waals surface area contributed by atoms with E-state index in [1.807, 2.05) is 30.3 Å². The van der Waals surface area contributed by atoms with Crippen LogP contribution in [-0.4, -0.2) is 31.3 Å². The molecule has 0 unspecified atom stereocenters. The molecule has 3 N–H and O–H groups in total. The van der Waals surface area contributed by atoms with E-state index < -0.39 is 21.8 Å². The van der Waals surface area contributed by atoms with Crippen LogP contribution < -0.4 is 5.73 Å². The quantitative estimate of drug-likeness (QED) is 0.628. The Balaban J connectivity index is 1.95. The van der Waals surface area contributed by atoms with Crippen LogP contribution in [0.5, 0.6) is 0 Å². The zero-order valence-corrected chi connectivity index (χ0v) is 15.8. The van der Waals surface area contributed by atoms with Crippen LogP contribution in [0.2, 0.25) is 0 Å². The van der Waals surface area contributed by atoms with Crippen LogP contribution in [0.25, 0.3) is 0 Å². The van der Waals surface area contributed by atoms with Gasteiger partial charge in [-0.1, -0.05) is 64.1 Å². The molecule has 0 fully saturated rings. The topological polar surface area (TPSA) is 97.5 Å². The van der Waals surface area contributed by atoms with Crippen LogP contribution in [0.4, 0.5) is 0 Å². The van der Waals surface area contributed by atoms with E-state index in [0.29, 0.717) is 5.56 Å². The normalized spacial score (nSPS) is 12.7. The zero-order valence-electron chi connectivity index (χ0n) is 13.4. The summed E-state index contributed by atoms with van der Waals surface area (Å²) in [5.41, 5.74) is 6.94. The molecule has 0 radical (unpaired) electrons. The van der Waals surface area contributed by atoms with Gasteiger partial charge in [-0.25, -0.2) is 8.42 Å². The highest BCUT2D eigenvalue weighted by Crippen LogP contribution is 2.32. The van der Waals surface area contributed by atoms with Crippen molar-refractivity contribution in [1.82, 2.24) is 0 Å². The Morgan fingerprint density at radius 2 is 1.68 bits per heavy atom. The third-order valence-electron chi connectivity index (χ3n) is 3.23. The van der Waals surface area contributed by atoms with Crippen LogP contribution in [0.1, 0.15) is 11.1 Å². The minimum Gasteiger partial charge on any atom is -0.480 e. The summed E-state index contributed by atoms with van der Waals surface area (Å²) in [6.45, 7) is 0. The summed E-state index contributed by atoms with van der Waals surface area (Å²) in [6.07, 6.45) is 0. The highest BCUT2D eigenvalue weighted by Gasteiger charge is 2.14. The van der Waals surface area contributed by atoms with Gasteiger partial charge in [0, 0.05) is 10.6 Å². The maximum Gasteiger partial charge on any atom is 0.321 e. The van der Waals surface area contributed by atoms with Gasteiger partial charge >= 0.3 is 5.97 Å². The Morgan fingerprint density at radius 1 is 1.04 bits per heavy atom. The lowest BCUT2D eigenvalue weighted by molar-refractivity contribution is -0.137. The van der Waals surface area contributed by atoms with Gasteiger partial charge in [0.2, 0.25) is 0 Å². The Kier molecular flexibility index (Phi) is 7.37. The van der Waals surface area contributed by atoms with E-state index in [4.69, 9.17) is 10.8 Å². The van der Waals surface area contributed by atoms with Gasteiger partial charge in [0.15, 0.2) is 9.84 Å². The summed E-state index contributed by atoms with van der Waals surface area (Å²) in [7, 11) is -0.541. The first-order valence-corrected chi connectivity index (χ1v) is 11.6. The van der Waals surface area contributed by atoms with Gasteiger partial charge in [0.1, 0.15) is 6.04 Å². The summed E-state index contributed by atoms with van der Waals surface area (Å²) in [5.74, 6) is -0.784. The molecule has 0 amide bonds. The van der Waals surface area contributed by atoms with Crippen molar-refractivity contribution in [2.45, 2.75) is 22.4 Å². The van der Waals surface area contributed by atoms with Crippen LogP contribution in [-0.2, 0) is 26.1 Å². The molecule has 0 aromatic heterocycles. The second-order valence-corrected chi connectivity index (χ2v) is 9.96. The number of hydrogen-bond donors (Lipinski definition) is 2. The molecule has 0 spiro atoms. The molecule has 2 aromatic carbocycles. The van der Waals surface area contributed by atoms with Gasteiger partial charge in [0.25, 0.3) is 0 Å². The first-order valence-electron chi connectivity index (χ1n) is 7.47. The molecule has 0 bridgehead atoms. The Morgan fingerprint density at radius 3 is 2.36 bits per heavy atom. The van der Waals surface area contributed by atoms with Crippen LogP contribution >= 0.6 is 21.6 Å². The molecule has 0 saturated carbocycles. The zero-order chi connectivity index (χ0) is 18.3. The van der Waals surface area contributed by atoms with Crippen molar-refractivity contribution in [2.75, 3.05) is 5.75 Å². The molecular weight excluding hydrogens is 378 g/mol. The second-order valence-electron chi connectivity index (χ2n) is 5.48. The number of hydrogen-bond acceptors (Lipinski definition) is 6. The van der Waals surface area contributed by atoms with Gasteiger partial charge in [-0.15, -0.1) is 0 Å². The van der Waals surface area contributed by atoms with Crippen LogP contribution in [0.15, 0.2) is 59.5 Å². The summed E-state index contributed by atoms with van der Waals surface area (Å²) in [5, 5.41) is 8.76. The lowest BCUT2D eigenvalue weighted by Gasteiger charge is -2.08. The van der Waals surface area contributed by atoms with Crippen molar-refractivity contribution in [3.8, 4) is 0 Å². The molecule has 2 rings (SSSR count). The van der Waals surface area contributed by atoms with Crippen molar-refractivity contribution in [3.05, 3.63) is 65.7 Å². The number of aliphatic carboxylic acids is 1. The van der Waals surface area contributed by atoms with Gasteiger partial charge < -0.3 is 10.8 Å². The lowest BCUT2D eigenvalue weighted by atomic mass is 10.2. The Hall–Kier alpha value is -1.48. The van der Waals surface area contributed by atoms with Gasteiger partial charge in [0.05, 0.1) is 11.5 Å². The number of benzene rings is 2. The molecule has 0 saturated heterocycles. The molecule has 0 heterocycles. The summed E-state index contributed by atoms with van der Waals surface area (Å²) in [4.78, 5) is 11.6. The predicted octanol–water partition coefficient (Wildman–Crippen LogP) is 2.95. The average Bonchev–Trinajstić information content (AvgIpc) is 2.55. The van der Waals surface area contributed by atoms with Crippen molar-refractivity contribution in [1.29, 1.82) is 0 Å². The first-order chi connectivity index (χ1) is 11.9. The van der Waals surface area contributed by atoms with E-state index >= 15 is 0 Å². The number of carbonyl (C=O) groups is 1. The molecule has 2 aromatic rings. The Labute approximate surface area is 155 Å².